The second-order valence-corrected chi connectivity index (χ2v) is 10.2. The van der Waals surface area contributed by atoms with E-state index in [2.05, 4.69) is 23.8 Å². The van der Waals surface area contributed by atoms with E-state index in [0.29, 0.717) is 37.1 Å². The summed E-state index contributed by atoms with van der Waals surface area (Å²) in [6.07, 6.45) is 7.16. The first-order chi connectivity index (χ1) is 18.0. The summed E-state index contributed by atoms with van der Waals surface area (Å²) in [5, 5.41) is 6.20. The van der Waals surface area contributed by atoms with E-state index in [9.17, 15) is 4.79 Å². The summed E-state index contributed by atoms with van der Waals surface area (Å²) in [5.41, 5.74) is 2.65. The van der Waals surface area contributed by atoms with Gasteiger partial charge in [-0.3, -0.25) is 4.79 Å². The number of piperazine rings is 1. The molecule has 0 N–H and O–H groups in total. The Hall–Kier alpha value is -3.71. The zero-order chi connectivity index (χ0) is 25.8. The van der Waals surface area contributed by atoms with Crippen LogP contribution >= 0.6 is 11.6 Å². The lowest BCUT2D eigenvalue weighted by Crippen LogP contribution is -2.48. The van der Waals surface area contributed by atoms with E-state index in [0.717, 1.165) is 46.8 Å². The number of amides is 1. The van der Waals surface area contributed by atoms with Crippen LogP contribution in [0.15, 0.2) is 66.9 Å². The molecular formula is C29H31ClN6O. The summed E-state index contributed by atoms with van der Waals surface area (Å²) in [7, 11) is 0. The molecule has 1 fully saturated rings. The van der Waals surface area contributed by atoms with Gasteiger partial charge in [0.2, 0.25) is 5.91 Å². The Bertz CT molecular complexity index is 1410. The molecule has 0 unspecified atom stereocenters. The lowest BCUT2D eigenvalue weighted by Gasteiger charge is -2.35. The minimum atomic E-state index is 0.0303. The van der Waals surface area contributed by atoms with Crippen molar-refractivity contribution in [3.63, 3.8) is 0 Å². The molecule has 37 heavy (non-hydrogen) atoms. The van der Waals surface area contributed by atoms with Crippen LogP contribution in [-0.4, -0.2) is 56.7 Å². The van der Waals surface area contributed by atoms with Crippen molar-refractivity contribution >= 4 is 40.4 Å². The Kier molecular flexibility index (Phi) is 7.51. The summed E-state index contributed by atoms with van der Waals surface area (Å²) in [6.45, 7) is 7.07. The average molecular weight is 515 g/mol. The van der Waals surface area contributed by atoms with Crippen LogP contribution in [0.25, 0.3) is 22.8 Å². The zero-order valence-electron chi connectivity index (χ0n) is 21.2. The van der Waals surface area contributed by atoms with E-state index >= 15 is 0 Å². The topological polar surface area (TPSA) is 67.2 Å². The molecule has 0 atom stereocenters. The maximum atomic E-state index is 12.8. The summed E-state index contributed by atoms with van der Waals surface area (Å²) < 4.78 is 1.83. The first-order valence-electron chi connectivity index (χ1n) is 12.8. The maximum absolute atomic E-state index is 12.8. The van der Waals surface area contributed by atoms with Crippen LogP contribution in [0.3, 0.4) is 0 Å². The van der Waals surface area contributed by atoms with Gasteiger partial charge in [0.1, 0.15) is 11.6 Å². The highest BCUT2D eigenvalue weighted by molar-refractivity contribution is 6.30. The number of rotatable bonds is 7. The van der Waals surface area contributed by atoms with Gasteiger partial charge in [-0.15, -0.1) is 0 Å². The number of aryl methyl sites for hydroxylation is 1. The van der Waals surface area contributed by atoms with Gasteiger partial charge in [-0.05, 0) is 42.2 Å². The molecule has 2 aromatic carbocycles. The highest BCUT2D eigenvalue weighted by Gasteiger charge is 2.24. The molecule has 7 nitrogen and oxygen atoms in total. The van der Waals surface area contributed by atoms with Gasteiger partial charge in [0.05, 0.1) is 17.3 Å². The van der Waals surface area contributed by atoms with Crippen LogP contribution in [0, 0.1) is 5.92 Å². The molecule has 5 rings (SSSR count). The largest absolute Gasteiger partial charge is 0.352 e. The fourth-order valence-corrected chi connectivity index (χ4v) is 4.66. The molecule has 1 amide bonds. The number of aromatic nitrogens is 4. The van der Waals surface area contributed by atoms with Crippen molar-refractivity contribution < 1.29 is 4.79 Å². The quantitative estimate of drug-likeness (QED) is 0.308. The Morgan fingerprint density at radius 2 is 1.81 bits per heavy atom. The highest BCUT2D eigenvalue weighted by Crippen LogP contribution is 2.28. The minimum absolute atomic E-state index is 0.0303. The number of anilines is 1. The van der Waals surface area contributed by atoms with E-state index < -0.39 is 0 Å². The van der Waals surface area contributed by atoms with Gasteiger partial charge >= 0.3 is 0 Å². The number of halogens is 1. The SMILES string of the molecule is CC(C)CCc1nc(N2CCN(C(=O)/C=C/c3ccccc3)CC2)c2cnn(-c3cccc(Cl)c3)c2n1. The van der Waals surface area contributed by atoms with Crippen molar-refractivity contribution in [2.45, 2.75) is 26.7 Å². The van der Waals surface area contributed by atoms with Crippen LogP contribution in [0.1, 0.15) is 31.7 Å². The van der Waals surface area contributed by atoms with Crippen molar-refractivity contribution in [1.29, 1.82) is 0 Å². The third kappa shape index (κ3) is 5.83. The average Bonchev–Trinajstić information content (AvgIpc) is 3.35. The Morgan fingerprint density at radius 3 is 2.54 bits per heavy atom. The minimum Gasteiger partial charge on any atom is -0.352 e. The zero-order valence-corrected chi connectivity index (χ0v) is 22.0. The van der Waals surface area contributed by atoms with Gasteiger partial charge in [0.25, 0.3) is 0 Å². The number of carbonyl (C=O) groups excluding carboxylic acids is 1. The van der Waals surface area contributed by atoms with Crippen LogP contribution in [0.2, 0.25) is 5.02 Å². The molecule has 8 heteroatoms. The maximum Gasteiger partial charge on any atom is 0.246 e. The van der Waals surface area contributed by atoms with E-state index in [1.807, 2.05) is 76.5 Å². The van der Waals surface area contributed by atoms with E-state index in [1.165, 1.54) is 0 Å². The normalized spacial score (nSPS) is 14.3. The number of fused-ring (bicyclic) bond motifs is 1. The Morgan fingerprint density at radius 1 is 1.03 bits per heavy atom. The van der Waals surface area contributed by atoms with Gasteiger partial charge in [0.15, 0.2) is 5.65 Å². The number of carbonyl (C=O) groups is 1. The van der Waals surface area contributed by atoms with Crippen LogP contribution in [-0.2, 0) is 11.2 Å². The fourth-order valence-electron chi connectivity index (χ4n) is 4.48. The molecular weight excluding hydrogens is 484 g/mol. The van der Waals surface area contributed by atoms with Crippen LogP contribution in [0.4, 0.5) is 5.82 Å². The van der Waals surface area contributed by atoms with Gasteiger partial charge in [-0.2, -0.15) is 5.10 Å². The molecule has 3 heterocycles. The predicted octanol–water partition coefficient (Wildman–Crippen LogP) is 5.42. The van der Waals surface area contributed by atoms with Crippen molar-refractivity contribution in [1.82, 2.24) is 24.6 Å². The lowest BCUT2D eigenvalue weighted by molar-refractivity contribution is -0.126. The molecule has 190 valence electrons. The molecule has 1 saturated heterocycles. The lowest BCUT2D eigenvalue weighted by atomic mass is 10.1. The monoisotopic (exact) mass is 514 g/mol. The molecule has 0 aliphatic carbocycles. The van der Waals surface area contributed by atoms with E-state index in [-0.39, 0.29) is 5.91 Å². The molecule has 0 saturated carbocycles. The third-order valence-corrected chi connectivity index (χ3v) is 6.80. The Balaban J connectivity index is 1.39. The summed E-state index contributed by atoms with van der Waals surface area (Å²) in [4.78, 5) is 26.8. The number of hydrogen-bond donors (Lipinski definition) is 0. The van der Waals surface area contributed by atoms with Gasteiger partial charge in [-0.1, -0.05) is 61.8 Å². The molecule has 2 aromatic heterocycles. The van der Waals surface area contributed by atoms with Crippen molar-refractivity contribution in [3.05, 3.63) is 83.3 Å². The third-order valence-electron chi connectivity index (χ3n) is 6.56. The number of benzene rings is 2. The standard InChI is InChI=1S/C29H31ClN6O/c1-21(2)11-13-26-32-28(25-20-31-36(29(25)33-26)24-10-6-9-23(30)19-24)35-17-15-34(16-18-35)27(37)14-12-22-7-4-3-5-8-22/h3-10,12,14,19-21H,11,13,15-18H2,1-2H3/b14-12+. The van der Waals surface area contributed by atoms with Crippen molar-refractivity contribution in [3.8, 4) is 5.69 Å². The van der Waals surface area contributed by atoms with Crippen LogP contribution < -0.4 is 4.90 Å². The van der Waals surface area contributed by atoms with E-state index in [1.54, 1.807) is 6.08 Å². The first kappa shape index (κ1) is 25.0. The molecule has 0 bridgehead atoms. The number of hydrogen-bond acceptors (Lipinski definition) is 5. The van der Waals surface area contributed by atoms with Gasteiger partial charge in [-0.25, -0.2) is 14.6 Å². The second-order valence-electron chi connectivity index (χ2n) is 9.73. The molecule has 0 spiro atoms. The van der Waals surface area contributed by atoms with Gasteiger partial charge in [0, 0.05) is 43.7 Å². The molecule has 1 aliphatic rings. The van der Waals surface area contributed by atoms with Crippen molar-refractivity contribution in [2.75, 3.05) is 31.1 Å². The highest BCUT2D eigenvalue weighted by atomic mass is 35.5. The molecule has 0 radical (unpaired) electrons. The fraction of sp³-hybridized carbons (Fsp3) is 0.310. The summed E-state index contributed by atoms with van der Waals surface area (Å²) in [6, 6.07) is 17.5. The Labute approximate surface area is 222 Å². The summed E-state index contributed by atoms with van der Waals surface area (Å²) in [5.74, 6) is 2.27. The second kappa shape index (κ2) is 11.1. The van der Waals surface area contributed by atoms with Crippen molar-refractivity contribution in [2.24, 2.45) is 5.92 Å². The number of nitrogens with zero attached hydrogens (tertiary/aromatic N) is 6. The summed E-state index contributed by atoms with van der Waals surface area (Å²) >= 11 is 6.26. The smallest absolute Gasteiger partial charge is 0.246 e. The van der Waals surface area contributed by atoms with E-state index in [4.69, 9.17) is 21.6 Å². The van der Waals surface area contributed by atoms with Crippen LogP contribution in [0.5, 0.6) is 0 Å². The first-order valence-corrected chi connectivity index (χ1v) is 13.1. The van der Waals surface area contributed by atoms with Gasteiger partial charge < -0.3 is 9.80 Å². The predicted molar refractivity (Wildman–Crippen MR) is 149 cm³/mol. The molecule has 4 aromatic rings. The molecule has 1 aliphatic heterocycles.